The van der Waals surface area contributed by atoms with E-state index in [0.717, 1.165) is 2.88 Å². The van der Waals surface area contributed by atoms with Crippen LogP contribution >= 0.6 is 65.8 Å². The molecular formula is C12H6Br2INO3S. The number of benzene rings is 1. The maximum atomic E-state index is 12.1. The van der Waals surface area contributed by atoms with Gasteiger partial charge in [-0.25, -0.2) is 4.79 Å². The fraction of sp³-hybridized carbons (Fsp3) is 0. The molecule has 0 aliphatic carbocycles. The first-order valence-electron chi connectivity index (χ1n) is 5.16. The van der Waals surface area contributed by atoms with Gasteiger partial charge in [-0.05, 0) is 56.7 Å². The van der Waals surface area contributed by atoms with Crippen LogP contribution in [0.15, 0.2) is 32.5 Å². The highest BCUT2D eigenvalue weighted by atomic mass is 127. The summed E-state index contributed by atoms with van der Waals surface area (Å²) in [7, 11) is 0. The molecule has 1 aromatic heterocycles. The molecule has 2 rings (SSSR count). The number of carboxylic acid groups (broad SMARTS) is 1. The number of amides is 1. The number of hydrogen-bond donors (Lipinski definition) is 2. The molecule has 0 atom stereocenters. The molecule has 2 aromatic rings. The Labute approximate surface area is 149 Å². The average Bonchev–Trinajstić information content (AvgIpc) is 2.78. The molecule has 0 aliphatic rings. The van der Waals surface area contributed by atoms with E-state index in [1.807, 2.05) is 0 Å². The highest BCUT2D eigenvalue weighted by Gasteiger charge is 2.18. The minimum absolute atomic E-state index is 0.0181. The van der Waals surface area contributed by atoms with E-state index in [0.29, 0.717) is 14.5 Å². The van der Waals surface area contributed by atoms with Crippen LogP contribution in [0.3, 0.4) is 0 Å². The van der Waals surface area contributed by atoms with Gasteiger partial charge < -0.3 is 10.4 Å². The van der Waals surface area contributed by atoms with Gasteiger partial charge in [0.05, 0.1) is 19.7 Å². The summed E-state index contributed by atoms with van der Waals surface area (Å²) >= 11 is 10.1. The molecule has 0 spiro atoms. The summed E-state index contributed by atoms with van der Waals surface area (Å²) in [6, 6.07) is 4.87. The highest BCUT2D eigenvalue weighted by molar-refractivity contribution is 14.1. The third-order valence-corrected chi connectivity index (χ3v) is 5.23. The molecule has 20 heavy (non-hydrogen) atoms. The molecule has 0 radical (unpaired) electrons. The molecule has 0 fully saturated rings. The zero-order valence-electron chi connectivity index (χ0n) is 9.62. The van der Waals surface area contributed by atoms with E-state index in [1.54, 1.807) is 17.5 Å². The first-order chi connectivity index (χ1) is 9.38. The molecule has 0 bridgehead atoms. The molecule has 2 N–H and O–H groups in total. The fourth-order valence-electron chi connectivity index (χ4n) is 1.48. The Morgan fingerprint density at radius 1 is 1.25 bits per heavy atom. The van der Waals surface area contributed by atoms with Crippen molar-refractivity contribution in [2.45, 2.75) is 0 Å². The lowest BCUT2D eigenvalue weighted by Crippen LogP contribution is -2.14. The highest BCUT2D eigenvalue weighted by Crippen LogP contribution is 2.31. The van der Waals surface area contributed by atoms with Gasteiger partial charge in [-0.3, -0.25) is 4.79 Å². The summed E-state index contributed by atoms with van der Waals surface area (Å²) in [6.07, 6.45) is 0. The van der Waals surface area contributed by atoms with Crippen LogP contribution < -0.4 is 5.32 Å². The molecule has 0 saturated carbocycles. The molecule has 0 aliphatic heterocycles. The van der Waals surface area contributed by atoms with Crippen LogP contribution in [0.1, 0.15) is 20.7 Å². The van der Waals surface area contributed by atoms with E-state index < -0.39 is 5.97 Å². The van der Waals surface area contributed by atoms with Crippen LogP contribution in [0.4, 0.5) is 5.69 Å². The van der Waals surface area contributed by atoms with E-state index in [9.17, 15) is 14.7 Å². The Hall–Kier alpha value is -0.450. The Morgan fingerprint density at radius 2 is 1.95 bits per heavy atom. The smallest absolute Gasteiger partial charge is 0.337 e. The lowest BCUT2D eigenvalue weighted by molar-refractivity contribution is 0.0698. The van der Waals surface area contributed by atoms with Crippen molar-refractivity contribution in [3.63, 3.8) is 0 Å². The minimum atomic E-state index is -1.11. The number of carboxylic acids is 1. The van der Waals surface area contributed by atoms with Crippen LogP contribution in [0.25, 0.3) is 0 Å². The standard InChI is InChI=1S/C12H6Br2INO3S/c13-6-2-7(12(18)19)10(8(14)3-6)16-11(17)5-1-9(15)20-4-5/h1-4H,(H,16,17)(H,18,19). The second kappa shape index (κ2) is 6.54. The normalized spacial score (nSPS) is 10.3. The van der Waals surface area contributed by atoms with Gasteiger partial charge in [0.15, 0.2) is 0 Å². The third kappa shape index (κ3) is 3.60. The lowest BCUT2D eigenvalue weighted by Gasteiger charge is -2.10. The molecule has 4 nitrogen and oxygen atoms in total. The zero-order valence-corrected chi connectivity index (χ0v) is 15.8. The number of halogens is 3. The molecule has 104 valence electrons. The van der Waals surface area contributed by atoms with E-state index in [4.69, 9.17) is 0 Å². The topological polar surface area (TPSA) is 66.4 Å². The number of aromatic carboxylic acids is 1. The van der Waals surface area contributed by atoms with Crippen LogP contribution in [-0.4, -0.2) is 17.0 Å². The minimum Gasteiger partial charge on any atom is -0.478 e. The van der Waals surface area contributed by atoms with Crippen molar-refractivity contribution in [3.05, 3.63) is 46.5 Å². The first-order valence-corrected chi connectivity index (χ1v) is 8.70. The van der Waals surface area contributed by atoms with E-state index in [-0.39, 0.29) is 17.2 Å². The van der Waals surface area contributed by atoms with Gasteiger partial charge in [-0.15, -0.1) is 11.3 Å². The van der Waals surface area contributed by atoms with Crippen LogP contribution in [-0.2, 0) is 0 Å². The summed E-state index contributed by atoms with van der Waals surface area (Å²) in [5.41, 5.74) is 0.766. The maximum absolute atomic E-state index is 12.1. The van der Waals surface area contributed by atoms with Crippen molar-refractivity contribution in [1.29, 1.82) is 0 Å². The number of rotatable bonds is 3. The molecule has 0 saturated heterocycles. The van der Waals surface area contributed by atoms with Crippen molar-refractivity contribution >= 4 is 83.4 Å². The molecule has 0 unspecified atom stereocenters. The van der Waals surface area contributed by atoms with E-state index in [1.165, 1.54) is 17.4 Å². The summed E-state index contributed by atoms with van der Waals surface area (Å²) in [4.78, 5) is 23.4. The van der Waals surface area contributed by atoms with Crippen LogP contribution in [0.2, 0.25) is 0 Å². The van der Waals surface area contributed by atoms with Crippen molar-refractivity contribution in [1.82, 2.24) is 0 Å². The van der Waals surface area contributed by atoms with Crippen molar-refractivity contribution in [2.75, 3.05) is 5.32 Å². The molecule has 1 heterocycles. The van der Waals surface area contributed by atoms with Gasteiger partial charge in [-0.1, -0.05) is 15.9 Å². The quantitative estimate of drug-likeness (QED) is 0.559. The number of thiophene rings is 1. The number of carbonyl (C=O) groups is 2. The maximum Gasteiger partial charge on any atom is 0.337 e. The second-order valence-corrected chi connectivity index (χ2v) is 8.28. The Kier molecular flexibility index (Phi) is 5.21. The van der Waals surface area contributed by atoms with Crippen molar-refractivity contribution in [3.8, 4) is 0 Å². The van der Waals surface area contributed by atoms with Crippen LogP contribution in [0, 0.1) is 2.88 Å². The Bertz CT molecular complexity index is 702. The Balaban J connectivity index is 2.38. The first kappa shape index (κ1) is 15.9. The number of nitrogens with one attached hydrogen (secondary N) is 1. The van der Waals surface area contributed by atoms with Crippen molar-refractivity contribution < 1.29 is 14.7 Å². The fourth-order valence-corrected chi connectivity index (χ4v) is 4.14. The zero-order chi connectivity index (χ0) is 14.9. The largest absolute Gasteiger partial charge is 0.478 e. The van der Waals surface area contributed by atoms with Gasteiger partial charge in [0.2, 0.25) is 0 Å². The summed E-state index contributed by atoms with van der Waals surface area (Å²) in [5.74, 6) is -1.45. The number of anilines is 1. The third-order valence-electron chi connectivity index (χ3n) is 2.35. The predicted molar refractivity (Wildman–Crippen MR) is 93.8 cm³/mol. The van der Waals surface area contributed by atoms with Gasteiger partial charge in [-0.2, -0.15) is 0 Å². The predicted octanol–water partition coefficient (Wildman–Crippen LogP) is 4.83. The van der Waals surface area contributed by atoms with Gasteiger partial charge in [0, 0.05) is 14.3 Å². The van der Waals surface area contributed by atoms with Crippen molar-refractivity contribution in [2.24, 2.45) is 0 Å². The molecule has 1 amide bonds. The SMILES string of the molecule is O=C(Nc1c(Br)cc(Br)cc1C(=O)O)c1csc(I)c1. The van der Waals surface area contributed by atoms with Gasteiger partial charge in [0.1, 0.15) is 0 Å². The van der Waals surface area contributed by atoms with Gasteiger partial charge >= 0.3 is 5.97 Å². The average molecular weight is 531 g/mol. The summed E-state index contributed by atoms with van der Waals surface area (Å²) in [6.45, 7) is 0. The van der Waals surface area contributed by atoms with Crippen LogP contribution in [0.5, 0.6) is 0 Å². The Morgan fingerprint density at radius 3 is 2.50 bits per heavy atom. The number of hydrogen-bond acceptors (Lipinski definition) is 3. The molecule has 1 aromatic carbocycles. The summed E-state index contributed by atoms with van der Waals surface area (Å²) in [5, 5.41) is 13.6. The van der Waals surface area contributed by atoms with Gasteiger partial charge in [0.25, 0.3) is 5.91 Å². The summed E-state index contributed by atoms with van der Waals surface area (Å²) < 4.78 is 2.11. The monoisotopic (exact) mass is 529 g/mol. The second-order valence-electron chi connectivity index (χ2n) is 3.71. The van der Waals surface area contributed by atoms with E-state index in [2.05, 4.69) is 59.8 Å². The lowest BCUT2D eigenvalue weighted by atomic mass is 10.1. The molecular weight excluding hydrogens is 525 g/mol. The van der Waals surface area contributed by atoms with E-state index >= 15 is 0 Å². The molecule has 8 heteroatoms. The number of carbonyl (C=O) groups excluding carboxylic acids is 1.